The van der Waals surface area contributed by atoms with Crippen LogP contribution in [0.25, 0.3) is 0 Å². The zero-order valence-corrected chi connectivity index (χ0v) is 18.0. The lowest BCUT2D eigenvalue weighted by Gasteiger charge is -2.39. The van der Waals surface area contributed by atoms with E-state index in [1.54, 1.807) is 30.3 Å². The third-order valence-corrected chi connectivity index (χ3v) is 9.69. The van der Waals surface area contributed by atoms with Crippen LogP contribution in [-0.4, -0.2) is 44.1 Å². The molecule has 0 aliphatic carbocycles. The van der Waals surface area contributed by atoms with Crippen LogP contribution in [0.5, 0.6) is 0 Å². The van der Waals surface area contributed by atoms with Crippen LogP contribution in [0.4, 0.5) is 17.6 Å². The molecular formula is C20H30F4O3Si. The molecular weight excluding hydrogens is 392 g/mol. The maximum atomic E-state index is 14.9. The average molecular weight is 423 g/mol. The Morgan fingerprint density at radius 3 is 2.07 bits per heavy atom. The number of benzene rings is 1. The Hall–Kier alpha value is -1.22. The second-order valence-electron chi connectivity index (χ2n) is 8.33. The minimum absolute atomic E-state index is 0.137. The Bertz CT molecular complexity index is 629. The van der Waals surface area contributed by atoms with Gasteiger partial charge in [0.15, 0.2) is 8.32 Å². The SMILES string of the molecule is C=C[C@@](F)([C@H](OCc1ccccc1)[C@H](O)CO[Si](C)(C)C(C)(C)C)C(F)(F)F. The summed E-state index contributed by atoms with van der Waals surface area (Å²) >= 11 is 0. The Morgan fingerprint density at radius 1 is 1.11 bits per heavy atom. The van der Waals surface area contributed by atoms with Crippen molar-refractivity contribution in [2.24, 2.45) is 0 Å². The van der Waals surface area contributed by atoms with Crippen molar-refractivity contribution in [3.63, 3.8) is 0 Å². The lowest BCUT2D eigenvalue weighted by molar-refractivity contribution is -0.264. The first kappa shape index (κ1) is 24.8. The summed E-state index contributed by atoms with van der Waals surface area (Å²) in [6.07, 6.45) is -9.20. The molecule has 3 atom stereocenters. The van der Waals surface area contributed by atoms with E-state index in [1.165, 1.54) is 0 Å². The normalized spacial score (nSPS) is 17.6. The molecule has 160 valence electrons. The summed E-state index contributed by atoms with van der Waals surface area (Å²) in [4.78, 5) is 0. The van der Waals surface area contributed by atoms with Crippen LogP contribution >= 0.6 is 0 Å². The molecule has 0 heterocycles. The maximum absolute atomic E-state index is 14.9. The van der Waals surface area contributed by atoms with Crippen LogP contribution in [0.3, 0.4) is 0 Å². The lowest BCUT2D eigenvalue weighted by Crippen LogP contribution is -2.57. The molecule has 0 spiro atoms. The zero-order chi connectivity index (χ0) is 21.8. The van der Waals surface area contributed by atoms with E-state index >= 15 is 0 Å². The summed E-state index contributed by atoms with van der Waals surface area (Å²) in [7, 11) is -2.36. The molecule has 0 aliphatic heterocycles. The third-order valence-electron chi connectivity index (χ3n) is 5.19. The Morgan fingerprint density at radius 2 is 1.64 bits per heavy atom. The molecule has 28 heavy (non-hydrogen) atoms. The van der Waals surface area contributed by atoms with Gasteiger partial charge in [-0.25, -0.2) is 4.39 Å². The van der Waals surface area contributed by atoms with Crippen molar-refractivity contribution in [2.45, 2.75) is 69.6 Å². The van der Waals surface area contributed by atoms with Gasteiger partial charge in [-0.2, -0.15) is 13.2 Å². The molecule has 1 aromatic rings. The monoisotopic (exact) mass is 422 g/mol. The average Bonchev–Trinajstić information content (AvgIpc) is 2.58. The fourth-order valence-electron chi connectivity index (χ4n) is 2.26. The van der Waals surface area contributed by atoms with Gasteiger partial charge in [0.1, 0.15) is 12.2 Å². The number of ether oxygens (including phenoxy) is 1. The molecule has 0 fully saturated rings. The molecule has 3 nitrogen and oxygen atoms in total. The first-order valence-corrected chi connectivity index (χ1v) is 11.9. The maximum Gasteiger partial charge on any atom is 0.428 e. The molecule has 0 saturated heterocycles. The summed E-state index contributed by atoms with van der Waals surface area (Å²) in [6.45, 7) is 11.9. The highest BCUT2D eigenvalue weighted by Crippen LogP contribution is 2.41. The van der Waals surface area contributed by atoms with Gasteiger partial charge >= 0.3 is 6.18 Å². The smallest absolute Gasteiger partial charge is 0.414 e. The van der Waals surface area contributed by atoms with Crippen LogP contribution in [0, 0.1) is 0 Å². The van der Waals surface area contributed by atoms with E-state index in [1.807, 2.05) is 33.9 Å². The van der Waals surface area contributed by atoms with Crippen LogP contribution < -0.4 is 0 Å². The summed E-state index contributed by atoms with van der Waals surface area (Å²) in [5.41, 5.74) is -3.36. The third kappa shape index (κ3) is 5.89. The Labute approximate surface area is 165 Å². The van der Waals surface area contributed by atoms with Crippen LogP contribution in [-0.2, 0) is 15.8 Å². The highest BCUT2D eigenvalue weighted by atomic mass is 28.4. The predicted octanol–water partition coefficient (Wildman–Crippen LogP) is 5.41. The first-order valence-electron chi connectivity index (χ1n) is 9.02. The molecule has 1 aromatic carbocycles. The fraction of sp³-hybridized carbons (Fsp3) is 0.600. The van der Waals surface area contributed by atoms with Crippen LogP contribution in [0.2, 0.25) is 18.1 Å². The van der Waals surface area contributed by atoms with Gasteiger partial charge in [-0.05, 0) is 29.8 Å². The van der Waals surface area contributed by atoms with E-state index in [-0.39, 0.29) is 17.7 Å². The number of hydrogen-bond acceptors (Lipinski definition) is 3. The summed E-state index contributed by atoms with van der Waals surface area (Å²) in [6, 6.07) is 8.38. The van der Waals surface area contributed by atoms with Crippen molar-refractivity contribution >= 4 is 8.32 Å². The van der Waals surface area contributed by atoms with Crippen molar-refractivity contribution in [3.8, 4) is 0 Å². The van der Waals surface area contributed by atoms with Crippen molar-refractivity contribution in [1.29, 1.82) is 0 Å². The first-order chi connectivity index (χ1) is 12.7. The van der Waals surface area contributed by atoms with Crippen molar-refractivity contribution in [1.82, 2.24) is 0 Å². The molecule has 0 unspecified atom stereocenters. The molecule has 0 radical (unpaired) electrons. The van der Waals surface area contributed by atoms with Crippen molar-refractivity contribution in [3.05, 3.63) is 48.6 Å². The van der Waals surface area contributed by atoms with Gasteiger partial charge in [0.05, 0.1) is 13.2 Å². The molecule has 8 heteroatoms. The summed E-state index contributed by atoms with van der Waals surface area (Å²) < 4.78 is 66.3. The second kappa shape index (κ2) is 9.07. The minimum Gasteiger partial charge on any atom is -0.414 e. The fourth-order valence-corrected chi connectivity index (χ4v) is 3.28. The second-order valence-corrected chi connectivity index (χ2v) is 13.1. The van der Waals surface area contributed by atoms with E-state index in [9.17, 15) is 22.7 Å². The molecule has 0 saturated carbocycles. The predicted molar refractivity (Wildman–Crippen MR) is 104 cm³/mol. The molecule has 0 bridgehead atoms. The molecule has 0 amide bonds. The number of aliphatic hydroxyl groups is 1. The largest absolute Gasteiger partial charge is 0.428 e. The van der Waals surface area contributed by atoms with Gasteiger partial charge in [-0.15, -0.1) is 0 Å². The highest BCUT2D eigenvalue weighted by molar-refractivity contribution is 6.74. The number of halogens is 4. The van der Waals surface area contributed by atoms with E-state index in [4.69, 9.17) is 9.16 Å². The zero-order valence-electron chi connectivity index (χ0n) is 17.0. The Kier molecular flexibility index (Phi) is 8.04. The van der Waals surface area contributed by atoms with Gasteiger partial charge in [0.25, 0.3) is 5.67 Å². The van der Waals surface area contributed by atoms with Crippen molar-refractivity contribution in [2.75, 3.05) is 6.61 Å². The van der Waals surface area contributed by atoms with Gasteiger partial charge in [0, 0.05) is 0 Å². The molecule has 0 aromatic heterocycles. The quantitative estimate of drug-likeness (QED) is 0.328. The van der Waals surface area contributed by atoms with E-state index in [2.05, 4.69) is 6.58 Å². The highest BCUT2D eigenvalue weighted by Gasteiger charge is 2.61. The summed E-state index contributed by atoms with van der Waals surface area (Å²) in [5.74, 6) is 0. The van der Waals surface area contributed by atoms with E-state index in [0.29, 0.717) is 5.56 Å². The van der Waals surface area contributed by atoms with E-state index < -0.39 is 39.0 Å². The van der Waals surface area contributed by atoms with Crippen molar-refractivity contribution < 1.29 is 31.8 Å². The number of alkyl halides is 4. The van der Waals surface area contributed by atoms with E-state index in [0.717, 1.165) is 0 Å². The van der Waals surface area contributed by atoms with Gasteiger partial charge in [-0.3, -0.25) is 0 Å². The topological polar surface area (TPSA) is 38.7 Å². The number of hydrogen-bond donors (Lipinski definition) is 1. The van der Waals surface area contributed by atoms with Gasteiger partial charge < -0.3 is 14.3 Å². The standard InChI is InChI=1S/C20H30F4O3Si/c1-7-19(21,20(22,23)24)17(26-13-15-11-9-8-10-12-15)16(25)14-27-28(5,6)18(2,3)4/h7-12,16-17,25H,1,13-14H2,2-6H3/t16-,17-,19-/m1/s1. The molecule has 1 N–H and O–H groups in total. The van der Waals surface area contributed by atoms with Crippen LogP contribution in [0.1, 0.15) is 26.3 Å². The van der Waals surface area contributed by atoms with Crippen LogP contribution in [0.15, 0.2) is 43.0 Å². The number of aliphatic hydroxyl groups excluding tert-OH is 1. The minimum atomic E-state index is -5.30. The lowest BCUT2D eigenvalue weighted by atomic mass is 9.93. The summed E-state index contributed by atoms with van der Waals surface area (Å²) in [5, 5.41) is 10.2. The molecule has 0 aliphatic rings. The number of rotatable bonds is 9. The molecule has 1 rings (SSSR count). The van der Waals surface area contributed by atoms with Gasteiger partial charge in [-0.1, -0.05) is 57.7 Å². The van der Waals surface area contributed by atoms with Gasteiger partial charge in [0.2, 0.25) is 0 Å². The Balaban J connectivity index is 3.07.